The summed E-state index contributed by atoms with van der Waals surface area (Å²) in [5.74, 6) is -0.864. The van der Waals surface area contributed by atoms with Crippen LogP contribution in [0.4, 0.5) is 13.2 Å². The van der Waals surface area contributed by atoms with Crippen LogP contribution in [0.5, 0.6) is 11.5 Å². The largest absolute Gasteiger partial charge is 0.573 e. The first kappa shape index (κ1) is 20.2. The lowest BCUT2D eigenvalue weighted by atomic mass is 9.85. The van der Waals surface area contributed by atoms with Crippen molar-refractivity contribution in [2.45, 2.75) is 44.9 Å². The second-order valence-electron chi connectivity index (χ2n) is 7.37. The SMILES string of the molecule is CC(=O)N1CCN([C@@H]2c3cc(OC(F)(F)F)ccc3OC(C)(C)[C@H]2O)C(=O)C1. The van der Waals surface area contributed by atoms with Gasteiger partial charge in [0.05, 0.1) is 12.6 Å². The minimum absolute atomic E-state index is 0.139. The number of carbonyl (C=O) groups excluding carboxylic acids is 2. The molecule has 28 heavy (non-hydrogen) atoms. The Hall–Kier alpha value is -2.49. The maximum Gasteiger partial charge on any atom is 0.573 e. The van der Waals surface area contributed by atoms with Gasteiger partial charge in [0.2, 0.25) is 11.8 Å². The first-order chi connectivity index (χ1) is 12.9. The number of rotatable bonds is 2. The van der Waals surface area contributed by atoms with Crippen molar-refractivity contribution in [1.82, 2.24) is 9.80 Å². The van der Waals surface area contributed by atoms with E-state index in [9.17, 15) is 27.9 Å². The van der Waals surface area contributed by atoms with Crippen LogP contribution < -0.4 is 9.47 Å². The van der Waals surface area contributed by atoms with Gasteiger partial charge in [0.15, 0.2) is 0 Å². The summed E-state index contributed by atoms with van der Waals surface area (Å²) in [5, 5.41) is 10.8. The fraction of sp³-hybridized carbons (Fsp3) is 0.556. The average Bonchev–Trinajstić information content (AvgIpc) is 2.55. The highest BCUT2D eigenvalue weighted by atomic mass is 19.4. The van der Waals surface area contributed by atoms with E-state index in [1.165, 1.54) is 22.8 Å². The first-order valence-electron chi connectivity index (χ1n) is 8.71. The molecule has 0 bridgehead atoms. The molecule has 2 amide bonds. The Morgan fingerprint density at radius 2 is 2.00 bits per heavy atom. The maximum atomic E-state index is 12.7. The number of piperazine rings is 1. The molecule has 1 fully saturated rings. The molecule has 0 radical (unpaired) electrons. The number of fused-ring (bicyclic) bond motifs is 1. The molecule has 10 heteroatoms. The van der Waals surface area contributed by atoms with Crippen LogP contribution in [0.2, 0.25) is 0 Å². The van der Waals surface area contributed by atoms with E-state index in [0.717, 1.165) is 12.1 Å². The van der Waals surface area contributed by atoms with Gasteiger partial charge in [-0.05, 0) is 32.0 Å². The number of alkyl halides is 3. The molecule has 1 aromatic carbocycles. The highest BCUT2D eigenvalue weighted by Gasteiger charge is 2.48. The maximum absolute atomic E-state index is 12.7. The summed E-state index contributed by atoms with van der Waals surface area (Å²) < 4.78 is 47.5. The molecule has 7 nitrogen and oxygen atoms in total. The van der Waals surface area contributed by atoms with Gasteiger partial charge in [-0.1, -0.05) is 0 Å². The number of hydrogen-bond donors (Lipinski definition) is 1. The molecule has 2 aliphatic rings. The van der Waals surface area contributed by atoms with Crippen LogP contribution in [0.25, 0.3) is 0 Å². The molecule has 0 spiro atoms. The zero-order chi connectivity index (χ0) is 20.9. The number of aliphatic hydroxyl groups is 1. The summed E-state index contributed by atoms with van der Waals surface area (Å²) in [6.45, 7) is 4.85. The van der Waals surface area contributed by atoms with Gasteiger partial charge in [-0.3, -0.25) is 9.59 Å². The molecule has 3 rings (SSSR count). The molecule has 0 aliphatic carbocycles. The fourth-order valence-corrected chi connectivity index (χ4v) is 3.53. The van der Waals surface area contributed by atoms with Crippen molar-refractivity contribution in [2.24, 2.45) is 0 Å². The van der Waals surface area contributed by atoms with Gasteiger partial charge in [-0.15, -0.1) is 13.2 Å². The van der Waals surface area contributed by atoms with E-state index in [1.807, 2.05) is 0 Å². The highest BCUT2D eigenvalue weighted by molar-refractivity contribution is 5.85. The summed E-state index contributed by atoms with van der Waals surface area (Å²) in [4.78, 5) is 26.9. The van der Waals surface area contributed by atoms with Crippen LogP contribution in [0.3, 0.4) is 0 Å². The second kappa shape index (κ2) is 6.84. The van der Waals surface area contributed by atoms with E-state index >= 15 is 0 Å². The number of carbonyl (C=O) groups is 2. The summed E-state index contributed by atoms with van der Waals surface area (Å²) >= 11 is 0. The van der Waals surface area contributed by atoms with Crippen LogP contribution >= 0.6 is 0 Å². The van der Waals surface area contributed by atoms with Gasteiger partial charge in [0.25, 0.3) is 0 Å². The zero-order valence-corrected chi connectivity index (χ0v) is 15.6. The van der Waals surface area contributed by atoms with E-state index in [1.54, 1.807) is 13.8 Å². The van der Waals surface area contributed by atoms with E-state index in [-0.39, 0.29) is 36.9 Å². The monoisotopic (exact) mass is 402 g/mol. The Labute approximate surface area is 159 Å². The molecule has 1 saturated heterocycles. The van der Waals surface area contributed by atoms with E-state index < -0.39 is 35.8 Å². The summed E-state index contributed by atoms with van der Waals surface area (Å²) in [5.41, 5.74) is -0.861. The van der Waals surface area contributed by atoms with Crippen LogP contribution in [0, 0.1) is 0 Å². The van der Waals surface area contributed by atoms with Crippen LogP contribution in [-0.4, -0.2) is 64.4 Å². The topological polar surface area (TPSA) is 79.3 Å². The highest BCUT2D eigenvalue weighted by Crippen LogP contribution is 2.45. The Balaban J connectivity index is 1.99. The van der Waals surface area contributed by atoms with Crippen LogP contribution in [0.1, 0.15) is 32.4 Å². The Morgan fingerprint density at radius 1 is 1.32 bits per heavy atom. The van der Waals surface area contributed by atoms with Crippen molar-refractivity contribution in [3.8, 4) is 11.5 Å². The second-order valence-corrected chi connectivity index (χ2v) is 7.37. The number of amides is 2. The summed E-state index contributed by atoms with van der Waals surface area (Å²) in [7, 11) is 0. The fourth-order valence-electron chi connectivity index (χ4n) is 3.53. The first-order valence-corrected chi connectivity index (χ1v) is 8.71. The molecule has 154 valence electrons. The summed E-state index contributed by atoms with van der Waals surface area (Å²) in [6, 6.07) is 2.63. The van der Waals surface area contributed by atoms with E-state index in [0.29, 0.717) is 0 Å². The van der Waals surface area contributed by atoms with Gasteiger partial charge >= 0.3 is 6.36 Å². The lowest BCUT2D eigenvalue weighted by molar-refractivity contribution is -0.274. The number of aliphatic hydroxyl groups excluding tert-OH is 1. The Morgan fingerprint density at radius 3 is 2.57 bits per heavy atom. The lowest BCUT2D eigenvalue weighted by Crippen LogP contribution is -2.59. The van der Waals surface area contributed by atoms with Crippen molar-refractivity contribution < 1.29 is 37.3 Å². The molecular formula is C18H21F3N2O5. The van der Waals surface area contributed by atoms with E-state index in [4.69, 9.17) is 4.74 Å². The normalized spacial score (nSPS) is 24.5. The quantitative estimate of drug-likeness (QED) is 0.817. The van der Waals surface area contributed by atoms with Crippen molar-refractivity contribution in [3.63, 3.8) is 0 Å². The smallest absolute Gasteiger partial charge is 0.485 e. The number of benzene rings is 1. The third-order valence-corrected chi connectivity index (χ3v) is 4.96. The van der Waals surface area contributed by atoms with Crippen LogP contribution in [-0.2, 0) is 9.59 Å². The minimum atomic E-state index is -4.87. The molecule has 0 saturated carbocycles. The van der Waals surface area contributed by atoms with Gasteiger partial charge in [0.1, 0.15) is 23.2 Å². The van der Waals surface area contributed by atoms with Crippen LogP contribution in [0.15, 0.2) is 18.2 Å². The van der Waals surface area contributed by atoms with Crippen molar-refractivity contribution in [2.75, 3.05) is 19.6 Å². The minimum Gasteiger partial charge on any atom is -0.485 e. The molecule has 1 N–H and O–H groups in total. The zero-order valence-electron chi connectivity index (χ0n) is 15.6. The summed E-state index contributed by atoms with van der Waals surface area (Å²) in [6.07, 6.45) is -6.07. The number of nitrogens with zero attached hydrogens (tertiary/aromatic N) is 2. The molecule has 0 aromatic heterocycles. The number of ether oxygens (including phenoxy) is 2. The predicted octanol–water partition coefficient (Wildman–Crippen LogP) is 1.85. The van der Waals surface area contributed by atoms with E-state index in [2.05, 4.69) is 4.74 Å². The van der Waals surface area contributed by atoms with Gasteiger partial charge in [-0.2, -0.15) is 0 Å². The third kappa shape index (κ3) is 3.87. The molecule has 1 aromatic rings. The van der Waals surface area contributed by atoms with Gasteiger partial charge in [-0.25, -0.2) is 0 Å². The van der Waals surface area contributed by atoms with Crippen molar-refractivity contribution in [1.29, 1.82) is 0 Å². The predicted molar refractivity (Wildman–Crippen MR) is 90.5 cm³/mol. The third-order valence-electron chi connectivity index (χ3n) is 4.96. The number of hydrogen-bond acceptors (Lipinski definition) is 5. The Bertz CT molecular complexity index is 796. The van der Waals surface area contributed by atoms with Gasteiger partial charge < -0.3 is 24.4 Å². The average molecular weight is 402 g/mol. The number of halogens is 3. The lowest BCUT2D eigenvalue weighted by Gasteiger charge is -2.48. The Kier molecular flexibility index (Phi) is 4.95. The standard InChI is InChI=1S/C18H21F3N2O5/c1-10(24)22-6-7-23(14(25)9-22)15-12-8-11(27-18(19,20)21)4-5-13(12)28-17(2,3)16(15)26/h4-5,8,15-16,26H,6-7,9H2,1-3H3/t15-,16+/m1/s1. The molecule has 2 atom stereocenters. The molecule has 0 unspecified atom stereocenters. The van der Waals surface area contributed by atoms with Gasteiger partial charge in [0, 0.05) is 25.6 Å². The van der Waals surface area contributed by atoms with Crippen molar-refractivity contribution >= 4 is 11.8 Å². The molecule has 2 heterocycles. The molecular weight excluding hydrogens is 381 g/mol. The van der Waals surface area contributed by atoms with Crippen molar-refractivity contribution in [3.05, 3.63) is 23.8 Å². The molecule has 2 aliphatic heterocycles.